The van der Waals surface area contributed by atoms with Crippen LogP contribution in [-0.2, 0) is 32.5 Å². The number of nitrogens with zero attached hydrogens (tertiary/aromatic N) is 4. The molecular weight excluding hydrogens is 1410 g/mol. The molecule has 19 rings (SSSR count). The smallest absolute Gasteiger partial charge is 0.252 e. The molecule has 4 aliphatic rings. The van der Waals surface area contributed by atoms with E-state index in [2.05, 4.69) is 435 Å². The van der Waals surface area contributed by atoms with Crippen molar-refractivity contribution in [3.8, 4) is 50.2 Å². The van der Waals surface area contributed by atoms with Gasteiger partial charge in [-0.15, -0.1) is 0 Å². The summed E-state index contributed by atoms with van der Waals surface area (Å²) < 4.78 is 2.61. The number of hydrogen-bond acceptors (Lipinski definition) is 4. The van der Waals surface area contributed by atoms with Crippen molar-refractivity contribution in [1.29, 1.82) is 0 Å². The lowest BCUT2D eigenvalue weighted by atomic mass is 9.31. The molecule has 0 fully saturated rings. The van der Waals surface area contributed by atoms with Crippen molar-refractivity contribution >= 4 is 131 Å². The maximum Gasteiger partial charge on any atom is 0.252 e. The maximum atomic E-state index is 2.76. The highest BCUT2D eigenvalue weighted by molar-refractivity contribution is 8.00. The number of fused-ring (bicyclic) bond motifs is 11. The van der Waals surface area contributed by atoms with Crippen LogP contribution in [-0.4, -0.2) is 18.0 Å². The summed E-state index contributed by atoms with van der Waals surface area (Å²) in [6.45, 7) is 42.1. The largest absolute Gasteiger partial charge is 0.311 e. The average Bonchev–Trinajstić information content (AvgIpc) is 0.910. The summed E-state index contributed by atoms with van der Waals surface area (Å²) in [5.41, 5.74) is 38.4. The Labute approximate surface area is 687 Å². The van der Waals surface area contributed by atoms with Gasteiger partial charge in [0, 0.05) is 88.3 Å². The first-order chi connectivity index (χ1) is 54.8. The predicted octanol–water partition coefficient (Wildman–Crippen LogP) is 26.1. The van der Waals surface area contributed by atoms with Crippen molar-refractivity contribution in [3.63, 3.8) is 0 Å². The van der Waals surface area contributed by atoms with Gasteiger partial charge < -0.3 is 19.3 Å². The standard InChI is InChI=1S/C108H102B2N4S/c1-103(2,3)71-45-51-77(52-46-71)111-91-59-74(106(10,11)12)47-53-85(91)109-87-65-88-97(66-93(87)114(95-62-76(108(16,17)18)61-94(111)99(95)109)102-81(69-37-27-21-28-38-69)43-32-44-82(102)70-39-29-22-30-40-70)115-98-64-78(112-89-55-49-72(104(4,5)6)57-83(89)84-58-73(105(7,8)9)50-56-90(84)112)63-96-100(98)110(88)86-54-48-75(107(13,14)15)60-92(86)113(96)101-79(67-33-23-19-24-34-67)41-31-42-80(101)68-35-25-20-26-36-68/h19-66H,1-18H3. The lowest BCUT2D eigenvalue weighted by molar-refractivity contribution is 0.589. The maximum absolute atomic E-state index is 2.76. The highest BCUT2D eigenvalue weighted by Gasteiger charge is 2.49. The van der Waals surface area contributed by atoms with Gasteiger partial charge in [0.15, 0.2) is 0 Å². The molecule has 0 unspecified atom stereocenters. The van der Waals surface area contributed by atoms with Gasteiger partial charge in [-0.1, -0.05) is 354 Å². The van der Waals surface area contributed by atoms with E-state index in [-0.39, 0.29) is 45.9 Å². The summed E-state index contributed by atoms with van der Waals surface area (Å²) in [4.78, 5) is 10.6. The monoisotopic (exact) mass is 1510 g/mol. The second-order valence-corrected chi connectivity index (χ2v) is 40.1. The second-order valence-electron chi connectivity index (χ2n) is 39.0. The number of benzene rings is 14. The van der Waals surface area contributed by atoms with E-state index in [9.17, 15) is 0 Å². The van der Waals surface area contributed by atoms with Crippen LogP contribution >= 0.6 is 11.8 Å². The Bertz CT molecular complexity index is 6240. The van der Waals surface area contributed by atoms with Gasteiger partial charge in [0.05, 0.1) is 22.4 Å². The highest BCUT2D eigenvalue weighted by atomic mass is 32.2. The molecule has 0 aliphatic carbocycles. The van der Waals surface area contributed by atoms with Crippen molar-refractivity contribution in [2.24, 2.45) is 0 Å². The lowest BCUT2D eigenvalue weighted by Gasteiger charge is -2.47. The first-order valence-corrected chi connectivity index (χ1v) is 42.3. The second kappa shape index (κ2) is 26.7. The van der Waals surface area contributed by atoms with E-state index in [0.29, 0.717) is 0 Å². The van der Waals surface area contributed by atoms with E-state index in [1.54, 1.807) is 0 Å². The fraction of sp³-hybridized carbons (Fsp3) is 0.222. The van der Waals surface area contributed by atoms with Crippen molar-refractivity contribution < 1.29 is 0 Å². The minimum absolute atomic E-state index is 0.0361. The molecule has 566 valence electrons. The lowest BCUT2D eigenvalue weighted by Crippen LogP contribution is -2.64. The highest BCUT2D eigenvalue weighted by Crippen LogP contribution is 2.56. The summed E-state index contributed by atoms with van der Waals surface area (Å²) in [5, 5.41) is 2.54. The van der Waals surface area contributed by atoms with Crippen LogP contribution in [0.5, 0.6) is 0 Å². The average molecular weight is 1510 g/mol. The molecule has 115 heavy (non-hydrogen) atoms. The fourth-order valence-electron chi connectivity index (χ4n) is 18.8. The van der Waals surface area contributed by atoms with E-state index in [0.717, 1.165) is 22.7 Å². The zero-order valence-electron chi connectivity index (χ0n) is 70.1. The molecule has 0 N–H and O–H groups in total. The molecule has 4 nitrogen and oxygen atoms in total. The third kappa shape index (κ3) is 12.3. The van der Waals surface area contributed by atoms with Crippen LogP contribution in [0.25, 0.3) is 72.0 Å². The van der Waals surface area contributed by atoms with Crippen molar-refractivity contribution in [2.45, 2.75) is 167 Å². The molecular formula is C108H102B2N4S. The molecule has 0 amide bonds. The Balaban J connectivity index is 0.970. The van der Waals surface area contributed by atoms with Crippen molar-refractivity contribution in [1.82, 2.24) is 4.57 Å². The quantitative estimate of drug-likeness (QED) is 0.141. The van der Waals surface area contributed by atoms with Crippen LogP contribution in [0.3, 0.4) is 0 Å². The van der Waals surface area contributed by atoms with E-state index in [1.165, 1.54) is 176 Å². The van der Waals surface area contributed by atoms with Crippen LogP contribution in [0, 0.1) is 0 Å². The summed E-state index contributed by atoms with van der Waals surface area (Å²) in [6.07, 6.45) is 0. The van der Waals surface area contributed by atoms with E-state index in [1.807, 2.05) is 11.8 Å². The Morgan fingerprint density at radius 1 is 0.235 bits per heavy atom. The number of rotatable bonds is 8. The molecule has 14 aromatic carbocycles. The zero-order valence-corrected chi connectivity index (χ0v) is 70.9. The normalized spacial score (nSPS) is 13.9. The van der Waals surface area contributed by atoms with Gasteiger partial charge in [-0.2, -0.15) is 0 Å². The first kappa shape index (κ1) is 73.9. The molecule has 0 saturated heterocycles. The Morgan fingerprint density at radius 2 is 0.583 bits per heavy atom. The molecule has 4 aliphatic heterocycles. The number of hydrogen-bond donors (Lipinski definition) is 0. The van der Waals surface area contributed by atoms with Crippen molar-refractivity contribution in [3.05, 3.63) is 325 Å². The number of aromatic nitrogens is 1. The molecule has 0 atom stereocenters. The topological polar surface area (TPSA) is 14.7 Å². The zero-order chi connectivity index (χ0) is 79.9. The van der Waals surface area contributed by atoms with Crippen molar-refractivity contribution in [2.75, 3.05) is 14.7 Å². The summed E-state index contributed by atoms with van der Waals surface area (Å²) in [6, 6.07) is 114. The van der Waals surface area contributed by atoms with Crippen LogP contribution in [0.2, 0.25) is 0 Å². The molecule has 5 heterocycles. The molecule has 0 bridgehead atoms. The molecule has 1 aromatic heterocycles. The molecule has 15 aromatic rings. The van der Waals surface area contributed by atoms with Crippen LogP contribution in [0.1, 0.15) is 158 Å². The minimum Gasteiger partial charge on any atom is -0.311 e. The Hall–Kier alpha value is -11.2. The van der Waals surface area contributed by atoms with Crippen LogP contribution in [0.15, 0.2) is 301 Å². The Morgan fingerprint density at radius 3 is 1.00 bits per heavy atom. The summed E-state index contributed by atoms with van der Waals surface area (Å²) >= 11 is 1.97. The van der Waals surface area contributed by atoms with Gasteiger partial charge in [-0.05, 0) is 194 Å². The third-order valence-corrected chi connectivity index (χ3v) is 26.3. The molecule has 7 heteroatoms. The van der Waals surface area contributed by atoms with Gasteiger partial charge in [-0.25, -0.2) is 0 Å². The molecule has 0 saturated carbocycles. The van der Waals surface area contributed by atoms with Gasteiger partial charge in [0.2, 0.25) is 6.71 Å². The molecule has 0 radical (unpaired) electrons. The van der Waals surface area contributed by atoms with Gasteiger partial charge in [0.1, 0.15) is 0 Å². The summed E-state index contributed by atoms with van der Waals surface area (Å²) in [7, 11) is 0. The van der Waals surface area contributed by atoms with Crippen LogP contribution in [0.4, 0.5) is 51.2 Å². The predicted molar refractivity (Wildman–Crippen MR) is 499 cm³/mol. The third-order valence-electron chi connectivity index (χ3n) is 25.2. The summed E-state index contributed by atoms with van der Waals surface area (Å²) in [5.74, 6) is 0. The van der Waals surface area contributed by atoms with Gasteiger partial charge >= 0.3 is 0 Å². The Kier molecular flexibility index (Phi) is 17.1. The number of anilines is 9. The van der Waals surface area contributed by atoms with E-state index >= 15 is 0 Å². The number of para-hydroxylation sites is 2. The SMILES string of the molecule is CC(C)(C)c1ccc(N2c3cc(C(C)(C)C)ccc3B3c4cc5c(cc4N(c4c(-c6ccccc6)cccc4-c4ccccc4)c4cc(C(C)(C)C)cc2c43)Sc2cc(-n3c4ccc(C(C)(C)C)cc4c4cc(C(C)(C)C)ccc43)cc3c2B5c2ccc(C(C)(C)C)cc2N3c2c(-c3ccccc3)cccc2-c2ccccc2)cc1. The van der Waals surface area contributed by atoms with Gasteiger partial charge in [-0.3, -0.25) is 0 Å². The van der Waals surface area contributed by atoms with E-state index in [4.69, 9.17) is 0 Å². The van der Waals surface area contributed by atoms with Crippen LogP contribution < -0.4 is 47.5 Å². The first-order valence-electron chi connectivity index (χ1n) is 41.4. The fourth-order valence-corrected chi connectivity index (χ4v) is 20.0. The molecule has 0 spiro atoms. The minimum atomic E-state index is -0.257. The van der Waals surface area contributed by atoms with E-state index < -0.39 is 0 Å². The van der Waals surface area contributed by atoms with Gasteiger partial charge in [0.25, 0.3) is 6.71 Å².